The Morgan fingerprint density at radius 2 is 1.73 bits per heavy atom. The van der Waals surface area contributed by atoms with Crippen LogP contribution < -0.4 is 0 Å². The molecule has 0 aliphatic heterocycles. The summed E-state index contributed by atoms with van der Waals surface area (Å²) in [6.45, 7) is 13.8. The molecule has 0 heterocycles. The minimum atomic E-state index is -1.07. The molecule has 0 amide bonds. The molecule has 1 N–H and O–H groups in total. The van der Waals surface area contributed by atoms with E-state index >= 15 is 0 Å². The van der Waals surface area contributed by atoms with Crippen LogP contribution in [0.4, 0.5) is 0 Å². The summed E-state index contributed by atoms with van der Waals surface area (Å²) in [5, 5.41) is 8.83. The summed E-state index contributed by atoms with van der Waals surface area (Å²) in [4.78, 5) is 0. The average molecular weight is 261 g/mol. The van der Waals surface area contributed by atoms with Gasteiger partial charge in [-0.1, -0.05) is 50.4 Å². The predicted octanol–water partition coefficient (Wildman–Crippen LogP) is 2.67. The molecule has 0 aliphatic rings. The van der Waals surface area contributed by atoms with Crippen LogP contribution in [0.3, 0.4) is 0 Å². The van der Waals surface area contributed by atoms with Crippen molar-refractivity contribution in [2.45, 2.75) is 50.4 Å². The molecule has 0 unspecified atom stereocenters. The third-order valence-electron chi connectivity index (χ3n) is 3.26. The summed E-state index contributed by atoms with van der Waals surface area (Å²) >= 11 is 0. The summed E-state index contributed by atoms with van der Waals surface area (Å²) in [5.41, 5.74) is 2.22. The summed E-state index contributed by atoms with van der Waals surface area (Å²) in [6.07, 6.45) is 0.497. The molecule has 0 aliphatic carbocycles. The maximum Gasteiger partial charge on any atom is 0.0706 e. The Morgan fingerprint density at radius 1 is 1.13 bits per heavy atom. The van der Waals surface area contributed by atoms with Gasteiger partial charge in [-0.25, -0.2) is 0 Å². The van der Waals surface area contributed by atoms with Crippen LogP contribution in [0.25, 0.3) is 0 Å². The highest BCUT2D eigenvalue weighted by atomic mass is 28.3. The van der Waals surface area contributed by atoms with Crippen molar-refractivity contribution in [2.75, 3.05) is 6.23 Å². The van der Waals surface area contributed by atoms with Crippen molar-refractivity contribution in [3.63, 3.8) is 0 Å². The van der Waals surface area contributed by atoms with E-state index < -0.39 is 16.1 Å². The minimum absolute atomic E-state index is 0.133. The van der Waals surface area contributed by atoms with Gasteiger partial charge in [0.1, 0.15) is 0 Å². The third kappa shape index (κ3) is 8.19. The summed E-state index contributed by atoms with van der Waals surface area (Å²) < 4.78 is 0. The number of hydrogen-bond acceptors (Lipinski definition) is 1. The smallest absolute Gasteiger partial charge is 0.0706 e. The van der Waals surface area contributed by atoms with Crippen molar-refractivity contribution in [3.05, 3.63) is 12.3 Å². The van der Waals surface area contributed by atoms with Crippen molar-refractivity contribution in [1.29, 1.82) is 0 Å². The van der Waals surface area contributed by atoms with E-state index in [9.17, 15) is 0 Å². The van der Waals surface area contributed by atoms with E-state index in [1.54, 1.807) is 0 Å². The lowest BCUT2D eigenvalue weighted by molar-refractivity contribution is 0.365. The van der Waals surface area contributed by atoms with Gasteiger partial charge in [-0.05, 0) is 0 Å². The van der Waals surface area contributed by atoms with Crippen molar-refractivity contribution in [2.24, 2.45) is 0 Å². The fraction of sp³-hybridized carbons (Fsp3) is 0.818. The largest absolute Gasteiger partial charge is 0.400 e. The average Bonchev–Trinajstić information content (AvgIpc) is 2.16. The van der Waals surface area contributed by atoms with Gasteiger partial charge in [0, 0.05) is 14.3 Å². The predicted molar refractivity (Wildman–Crippen MR) is 80.0 cm³/mol. The van der Waals surface area contributed by atoms with E-state index in [-0.39, 0.29) is 9.52 Å². The van der Waals surface area contributed by atoms with E-state index in [0.717, 1.165) is 0 Å². The highest BCUT2D eigenvalue weighted by Gasteiger charge is 2.24. The Balaban J connectivity index is 3.87. The van der Waals surface area contributed by atoms with Crippen LogP contribution in [0.1, 0.15) is 0 Å². The Hall–Kier alpha value is 0.351. The highest BCUT2D eigenvalue weighted by Crippen LogP contribution is 2.24. The Kier molecular flexibility index (Phi) is 6.99. The van der Waals surface area contributed by atoms with Crippen LogP contribution in [0, 0.1) is 0 Å². The quantitative estimate of drug-likeness (QED) is 0.525. The van der Waals surface area contributed by atoms with E-state index in [1.807, 2.05) is 0 Å². The molecule has 0 fully saturated rings. The molecular weight excluding hydrogens is 232 g/mol. The van der Waals surface area contributed by atoms with Crippen LogP contribution in [-0.4, -0.2) is 37.0 Å². The number of rotatable bonds is 8. The van der Waals surface area contributed by atoms with Gasteiger partial charge in [0.05, 0.1) is 17.6 Å². The molecule has 4 heteroatoms. The summed E-state index contributed by atoms with van der Waals surface area (Å²) in [7, 11) is -2.16. The minimum Gasteiger partial charge on any atom is -0.400 e. The molecule has 0 atom stereocenters. The standard InChI is InChI=1S/C11H28OSi3/c1-6-14(2,3)9-10-15(4,5)8-7-13-11-12/h6,12H,1,7-11,13H2,2-5H3. The van der Waals surface area contributed by atoms with Gasteiger partial charge in [-0.3, -0.25) is 0 Å². The van der Waals surface area contributed by atoms with Crippen LogP contribution in [0.5, 0.6) is 0 Å². The fourth-order valence-corrected chi connectivity index (χ4v) is 12.4. The van der Waals surface area contributed by atoms with Gasteiger partial charge in [0.2, 0.25) is 0 Å². The Morgan fingerprint density at radius 3 is 2.20 bits per heavy atom. The molecule has 0 bridgehead atoms. The first kappa shape index (κ1) is 15.4. The third-order valence-corrected chi connectivity index (χ3v) is 11.6. The van der Waals surface area contributed by atoms with Crippen LogP contribution >= 0.6 is 0 Å². The Labute approximate surface area is 99.8 Å². The number of aliphatic hydroxyl groups excluding tert-OH is 1. The fourth-order valence-electron chi connectivity index (χ4n) is 1.60. The van der Waals surface area contributed by atoms with Gasteiger partial charge in [-0.2, -0.15) is 0 Å². The molecule has 0 aromatic heterocycles. The van der Waals surface area contributed by atoms with Crippen LogP contribution in [0.2, 0.25) is 50.4 Å². The molecule has 90 valence electrons. The van der Waals surface area contributed by atoms with Crippen molar-refractivity contribution in [3.8, 4) is 0 Å². The zero-order valence-corrected chi connectivity index (χ0v) is 14.4. The molecule has 0 radical (unpaired) electrons. The van der Waals surface area contributed by atoms with E-state index in [4.69, 9.17) is 5.11 Å². The lowest BCUT2D eigenvalue weighted by Crippen LogP contribution is -2.31. The lowest BCUT2D eigenvalue weighted by Gasteiger charge is -2.26. The number of aliphatic hydroxyl groups is 1. The topological polar surface area (TPSA) is 20.2 Å². The number of hydrogen-bond donors (Lipinski definition) is 1. The van der Waals surface area contributed by atoms with Gasteiger partial charge < -0.3 is 5.11 Å². The second-order valence-electron chi connectivity index (χ2n) is 6.04. The second kappa shape index (κ2) is 6.83. The van der Waals surface area contributed by atoms with E-state index in [1.165, 1.54) is 24.2 Å². The zero-order chi connectivity index (χ0) is 11.9. The molecule has 0 rings (SSSR count). The second-order valence-corrected chi connectivity index (χ2v) is 18.1. The van der Waals surface area contributed by atoms with Gasteiger partial charge in [0.25, 0.3) is 0 Å². The molecule has 0 aromatic rings. The van der Waals surface area contributed by atoms with E-state index in [0.29, 0.717) is 6.23 Å². The first-order valence-corrected chi connectivity index (χ1v) is 14.8. The maximum absolute atomic E-state index is 8.83. The van der Waals surface area contributed by atoms with Crippen LogP contribution in [0.15, 0.2) is 12.3 Å². The SMILES string of the molecule is C=C[Si](C)(C)CC[Si](C)(C)CC[SiH2]CO. The highest BCUT2D eigenvalue weighted by molar-refractivity contribution is 6.85. The van der Waals surface area contributed by atoms with Crippen molar-refractivity contribution in [1.82, 2.24) is 0 Å². The van der Waals surface area contributed by atoms with E-state index in [2.05, 4.69) is 38.5 Å². The summed E-state index contributed by atoms with van der Waals surface area (Å²) in [6, 6.07) is 5.65. The first-order chi connectivity index (χ1) is 6.83. The molecule has 0 saturated heterocycles. The monoisotopic (exact) mass is 260 g/mol. The van der Waals surface area contributed by atoms with Gasteiger partial charge in [0.15, 0.2) is 0 Å². The molecule has 0 spiro atoms. The summed E-state index contributed by atoms with van der Waals surface area (Å²) in [5.74, 6) is 0. The first-order valence-electron chi connectivity index (χ1n) is 6.07. The maximum atomic E-state index is 8.83. The molecule has 1 nitrogen and oxygen atoms in total. The zero-order valence-electron chi connectivity index (χ0n) is 11.0. The molecular formula is C11H28OSi3. The van der Waals surface area contributed by atoms with Gasteiger partial charge in [-0.15, -0.1) is 12.3 Å². The Bertz CT molecular complexity index is 190. The lowest BCUT2D eigenvalue weighted by atomic mass is 10.9. The molecule has 0 saturated carbocycles. The van der Waals surface area contributed by atoms with Crippen LogP contribution in [-0.2, 0) is 0 Å². The van der Waals surface area contributed by atoms with Crippen molar-refractivity contribution >= 4 is 25.7 Å². The molecule has 0 aromatic carbocycles. The van der Waals surface area contributed by atoms with Gasteiger partial charge >= 0.3 is 0 Å². The normalized spacial score (nSPS) is 13.7. The molecule has 15 heavy (non-hydrogen) atoms. The van der Waals surface area contributed by atoms with Crippen molar-refractivity contribution < 1.29 is 5.11 Å².